The Morgan fingerprint density at radius 1 is 1.35 bits per heavy atom. The number of amides is 1. The zero-order valence-corrected chi connectivity index (χ0v) is 10.9. The Balaban J connectivity index is 2.04. The number of hydrogen-bond acceptors (Lipinski definition) is 6. The number of anilines is 1. The lowest BCUT2D eigenvalue weighted by Crippen LogP contribution is -2.25. The summed E-state index contributed by atoms with van der Waals surface area (Å²) in [4.78, 5) is 24.0. The fourth-order valence-electron chi connectivity index (χ4n) is 1.98. The van der Waals surface area contributed by atoms with Gasteiger partial charge in [-0.05, 0) is 25.1 Å². The summed E-state index contributed by atoms with van der Waals surface area (Å²) in [7, 11) is 0. The summed E-state index contributed by atoms with van der Waals surface area (Å²) in [6, 6.07) is 5.40. The van der Waals surface area contributed by atoms with Crippen molar-refractivity contribution in [3.8, 4) is 17.1 Å². The van der Waals surface area contributed by atoms with E-state index in [1.807, 2.05) is 6.07 Å². The first-order chi connectivity index (χ1) is 9.65. The Bertz CT molecular complexity index is 686. The van der Waals surface area contributed by atoms with Crippen molar-refractivity contribution in [3.05, 3.63) is 29.8 Å². The molecule has 2 heterocycles. The number of aromatic nitrogens is 3. The minimum Gasteiger partial charge on any atom is -0.482 e. The van der Waals surface area contributed by atoms with Gasteiger partial charge in [0, 0.05) is 5.56 Å². The van der Waals surface area contributed by atoms with Crippen LogP contribution in [0.2, 0.25) is 0 Å². The molecule has 0 spiro atoms. The topological polar surface area (TPSA) is 103 Å². The van der Waals surface area contributed by atoms with E-state index in [2.05, 4.69) is 20.3 Å². The molecule has 0 radical (unpaired) electrons. The number of nitrogens with one attached hydrogen (secondary N) is 1. The summed E-state index contributed by atoms with van der Waals surface area (Å²) < 4.78 is 5.31. The summed E-state index contributed by atoms with van der Waals surface area (Å²) in [5.41, 5.74) is 6.95. The number of nitrogens with zero attached hydrogens (tertiary/aromatic N) is 3. The first kappa shape index (κ1) is 12.5. The molecule has 0 atom stereocenters. The van der Waals surface area contributed by atoms with Crippen LogP contribution in [-0.4, -0.2) is 27.5 Å². The van der Waals surface area contributed by atoms with E-state index in [-0.39, 0.29) is 19.1 Å². The van der Waals surface area contributed by atoms with E-state index >= 15 is 0 Å². The molecule has 3 rings (SSSR count). The van der Waals surface area contributed by atoms with Gasteiger partial charge in [0.25, 0.3) is 5.91 Å². The van der Waals surface area contributed by atoms with E-state index in [4.69, 9.17) is 10.5 Å². The van der Waals surface area contributed by atoms with Crippen LogP contribution in [-0.2, 0) is 11.3 Å². The van der Waals surface area contributed by atoms with Crippen LogP contribution in [0.5, 0.6) is 5.75 Å². The lowest BCUT2D eigenvalue weighted by Gasteiger charge is -2.18. The van der Waals surface area contributed by atoms with Gasteiger partial charge < -0.3 is 15.8 Å². The normalized spacial score (nSPS) is 13.4. The van der Waals surface area contributed by atoms with E-state index in [0.717, 1.165) is 5.56 Å². The third-order valence-electron chi connectivity index (χ3n) is 2.85. The van der Waals surface area contributed by atoms with E-state index in [1.165, 1.54) is 0 Å². The van der Waals surface area contributed by atoms with Crippen molar-refractivity contribution in [3.63, 3.8) is 0 Å². The standard InChI is InChI=1S/C13H13N5O2/c1-7-15-11(5-14)18-13(16-7)8-2-3-10-9(4-8)17-12(19)6-20-10/h2-4H,5-6,14H2,1H3,(H,17,19). The smallest absolute Gasteiger partial charge is 0.262 e. The molecule has 0 fully saturated rings. The monoisotopic (exact) mass is 271 g/mol. The van der Waals surface area contributed by atoms with Gasteiger partial charge in [-0.2, -0.15) is 0 Å². The number of fused-ring (bicyclic) bond motifs is 1. The quantitative estimate of drug-likeness (QED) is 0.830. The predicted molar refractivity (Wildman–Crippen MR) is 72.0 cm³/mol. The van der Waals surface area contributed by atoms with Gasteiger partial charge in [-0.3, -0.25) is 4.79 Å². The first-order valence-electron chi connectivity index (χ1n) is 6.14. The highest BCUT2D eigenvalue weighted by Gasteiger charge is 2.17. The van der Waals surface area contributed by atoms with E-state index in [0.29, 0.717) is 28.9 Å². The molecule has 0 saturated carbocycles. The molecule has 1 aromatic carbocycles. The SMILES string of the molecule is Cc1nc(CN)nc(-c2ccc3c(c2)NC(=O)CO3)n1. The van der Waals surface area contributed by atoms with Gasteiger partial charge >= 0.3 is 0 Å². The van der Waals surface area contributed by atoms with Crippen LogP contribution in [0.25, 0.3) is 11.4 Å². The van der Waals surface area contributed by atoms with Gasteiger partial charge in [0.05, 0.1) is 12.2 Å². The second-order valence-corrected chi connectivity index (χ2v) is 4.37. The van der Waals surface area contributed by atoms with Gasteiger partial charge in [0.1, 0.15) is 17.4 Å². The third kappa shape index (κ3) is 2.30. The largest absolute Gasteiger partial charge is 0.482 e. The third-order valence-corrected chi connectivity index (χ3v) is 2.85. The molecule has 1 aliphatic heterocycles. The van der Waals surface area contributed by atoms with Crippen LogP contribution in [0, 0.1) is 6.92 Å². The predicted octanol–water partition coefficient (Wildman–Crippen LogP) is 0.637. The van der Waals surface area contributed by atoms with E-state index in [1.54, 1.807) is 19.1 Å². The molecule has 7 heteroatoms. The van der Waals surface area contributed by atoms with E-state index in [9.17, 15) is 4.79 Å². The van der Waals surface area contributed by atoms with Gasteiger partial charge in [-0.1, -0.05) is 0 Å². The molecular formula is C13H13N5O2. The zero-order valence-electron chi connectivity index (χ0n) is 10.9. The molecule has 1 aliphatic rings. The molecule has 7 nitrogen and oxygen atoms in total. The van der Waals surface area contributed by atoms with Crippen LogP contribution >= 0.6 is 0 Å². The Morgan fingerprint density at radius 3 is 3.00 bits per heavy atom. The Labute approximate surface area is 115 Å². The molecule has 1 aromatic heterocycles. The lowest BCUT2D eigenvalue weighted by atomic mass is 10.1. The Kier molecular flexibility index (Phi) is 3.03. The molecule has 0 bridgehead atoms. The molecule has 0 unspecified atom stereocenters. The summed E-state index contributed by atoms with van der Waals surface area (Å²) >= 11 is 0. The number of carbonyl (C=O) groups excluding carboxylic acids is 1. The maximum atomic E-state index is 11.3. The number of carbonyl (C=O) groups is 1. The average Bonchev–Trinajstić information content (AvgIpc) is 2.45. The summed E-state index contributed by atoms with van der Waals surface area (Å²) in [5, 5.41) is 2.75. The van der Waals surface area contributed by atoms with Crippen molar-refractivity contribution in [2.45, 2.75) is 13.5 Å². The minimum atomic E-state index is -0.177. The molecule has 20 heavy (non-hydrogen) atoms. The van der Waals surface area contributed by atoms with E-state index < -0.39 is 0 Å². The number of nitrogens with two attached hydrogens (primary N) is 1. The number of ether oxygens (including phenoxy) is 1. The van der Waals surface area contributed by atoms with Crippen molar-refractivity contribution >= 4 is 11.6 Å². The van der Waals surface area contributed by atoms with Crippen molar-refractivity contribution in [2.24, 2.45) is 5.73 Å². The average molecular weight is 271 g/mol. The zero-order chi connectivity index (χ0) is 14.1. The lowest BCUT2D eigenvalue weighted by molar-refractivity contribution is -0.118. The van der Waals surface area contributed by atoms with Gasteiger partial charge in [-0.25, -0.2) is 15.0 Å². The summed E-state index contributed by atoms with van der Waals surface area (Å²) in [5.74, 6) is 2.13. The first-order valence-corrected chi connectivity index (χ1v) is 6.14. The van der Waals surface area contributed by atoms with Gasteiger partial charge in [0.2, 0.25) is 0 Å². The maximum Gasteiger partial charge on any atom is 0.262 e. The second kappa shape index (κ2) is 4.86. The minimum absolute atomic E-state index is 0.0362. The molecule has 102 valence electrons. The fraction of sp³-hybridized carbons (Fsp3) is 0.231. The summed E-state index contributed by atoms with van der Waals surface area (Å²) in [6.45, 7) is 2.07. The molecule has 0 aliphatic carbocycles. The number of rotatable bonds is 2. The molecule has 1 amide bonds. The maximum absolute atomic E-state index is 11.3. The number of benzene rings is 1. The van der Waals surface area contributed by atoms with Gasteiger partial charge in [-0.15, -0.1) is 0 Å². The van der Waals surface area contributed by atoms with Gasteiger partial charge in [0.15, 0.2) is 12.4 Å². The highest BCUT2D eigenvalue weighted by Crippen LogP contribution is 2.31. The van der Waals surface area contributed by atoms with Crippen LogP contribution in [0.15, 0.2) is 18.2 Å². The highest BCUT2D eigenvalue weighted by molar-refractivity contribution is 5.96. The highest BCUT2D eigenvalue weighted by atomic mass is 16.5. The van der Waals surface area contributed by atoms with Crippen LogP contribution in [0.1, 0.15) is 11.6 Å². The van der Waals surface area contributed by atoms with Crippen molar-refractivity contribution < 1.29 is 9.53 Å². The van der Waals surface area contributed by atoms with Crippen molar-refractivity contribution in [1.29, 1.82) is 0 Å². The molecule has 3 N–H and O–H groups in total. The van der Waals surface area contributed by atoms with Crippen LogP contribution in [0.4, 0.5) is 5.69 Å². The van der Waals surface area contributed by atoms with Crippen molar-refractivity contribution in [2.75, 3.05) is 11.9 Å². The molecule has 0 saturated heterocycles. The Morgan fingerprint density at radius 2 is 2.20 bits per heavy atom. The summed E-state index contributed by atoms with van der Waals surface area (Å²) in [6.07, 6.45) is 0. The molecular weight excluding hydrogens is 258 g/mol. The number of hydrogen-bond donors (Lipinski definition) is 2. The number of aryl methyl sites for hydroxylation is 1. The Hall–Kier alpha value is -2.54. The fourth-order valence-corrected chi connectivity index (χ4v) is 1.98. The second-order valence-electron chi connectivity index (χ2n) is 4.37. The molecule has 2 aromatic rings. The van der Waals surface area contributed by atoms with Crippen LogP contribution in [0.3, 0.4) is 0 Å². The van der Waals surface area contributed by atoms with Crippen LogP contribution < -0.4 is 15.8 Å². The van der Waals surface area contributed by atoms with Crippen molar-refractivity contribution in [1.82, 2.24) is 15.0 Å².